The molecule has 44 heavy (non-hydrogen) atoms. The van der Waals surface area contributed by atoms with Crippen LogP contribution >= 0.6 is 7.26 Å². The van der Waals surface area contributed by atoms with Crippen LogP contribution in [0.2, 0.25) is 0 Å². The predicted octanol–water partition coefficient (Wildman–Crippen LogP) is 11.7. The standard InChI is InChI=1S/C43H59P/c1-2-3-4-5-6-7-8-9-10-11-12-13-14-15-16-22-31-40-32-27-28-37-43(40)44(41-33-23-18-24-34-41,42-35-25-19-26-36-42)38-39-29-20-17-21-30-39/h17-21,23-30,32-37,44H,2-16,22,31,38H2,1H3. The van der Waals surface area contributed by atoms with Crippen LogP contribution in [-0.4, -0.2) is 0 Å². The van der Waals surface area contributed by atoms with Crippen LogP contribution in [0.3, 0.4) is 0 Å². The monoisotopic (exact) mass is 606 g/mol. The van der Waals surface area contributed by atoms with E-state index in [9.17, 15) is 0 Å². The van der Waals surface area contributed by atoms with Crippen molar-refractivity contribution in [2.45, 2.75) is 122 Å². The number of benzene rings is 4. The van der Waals surface area contributed by atoms with Crippen LogP contribution in [0.25, 0.3) is 0 Å². The number of hydrogen-bond acceptors (Lipinski definition) is 0. The van der Waals surface area contributed by atoms with Crippen molar-refractivity contribution in [1.82, 2.24) is 0 Å². The quantitative estimate of drug-likeness (QED) is 0.0617. The van der Waals surface area contributed by atoms with Crippen molar-refractivity contribution in [1.29, 1.82) is 0 Å². The van der Waals surface area contributed by atoms with Crippen LogP contribution in [-0.2, 0) is 12.6 Å². The van der Waals surface area contributed by atoms with Crippen molar-refractivity contribution < 1.29 is 0 Å². The Balaban J connectivity index is 1.32. The van der Waals surface area contributed by atoms with Gasteiger partial charge in [0, 0.05) is 0 Å². The van der Waals surface area contributed by atoms with Gasteiger partial charge < -0.3 is 0 Å². The molecule has 0 aliphatic carbocycles. The maximum absolute atomic E-state index is 2.47. The van der Waals surface area contributed by atoms with E-state index in [4.69, 9.17) is 0 Å². The molecule has 0 nitrogen and oxygen atoms in total. The Labute approximate surface area is 271 Å². The second-order valence-electron chi connectivity index (χ2n) is 13.0. The normalized spacial score (nSPS) is 11.9. The van der Waals surface area contributed by atoms with Crippen molar-refractivity contribution >= 4 is 23.2 Å². The van der Waals surface area contributed by atoms with Gasteiger partial charge in [-0.2, -0.15) is 0 Å². The number of aryl methyl sites for hydroxylation is 1. The van der Waals surface area contributed by atoms with E-state index in [2.05, 4.69) is 122 Å². The fraction of sp³-hybridized carbons (Fsp3) is 0.442. The van der Waals surface area contributed by atoms with Gasteiger partial charge >= 0.3 is 220 Å². The van der Waals surface area contributed by atoms with Gasteiger partial charge in [0.2, 0.25) is 0 Å². The molecule has 0 aliphatic rings. The molecule has 4 rings (SSSR count). The van der Waals surface area contributed by atoms with Crippen molar-refractivity contribution in [3.63, 3.8) is 0 Å². The van der Waals surface area contributed by atoms with Gasteiger partial charge in [-0.05, 0) is 0 Å². The van der Waals surface area contributed by atoms with E-state index in [0.717, 1.165) is 6.16 Å². The molecule has 0 bridgehead atoms. The molecule has 1 heteroatoms. The summed E-state index contributed by atoms with van der Waals surface area (Å²) in [5.41, 5.74) is 3.00. The summed E-state index contributed by atoms with van der Waals surface area (Å²) in [5.74, 6) is 0. The van der Waals surface area contributed by atoms with Crippen LogP contribution in [0.1, 0.15) is 121 Å². The van der Waals surface area contributed by atoms with Gasteiger partial charge in [-0.1, -0.05) is 51.9 Å². The first-order valence-corrected chi connectivity index (χ1v) is 20.3. The molecule has 0 saturated carbocycles. The number of rotatable bonds is 22. The zero-order chi connectivity index (χ0) is 30.5. The van der Waals surface area contributed by atoms with Gasteiger partial charge in [-0.3, -0.25) is 0 Å². The SMILES string of the molecule is CCCCCCCCCCCCCCCCCCc1ccccc1[PH](Cc1ccccc1)(c1ccccc1)c1ccccc1. The molecule has 0 aliphatic heterocycles. The van der Waals surface area contributed by atoms with Gasteiger partial charge in [-0.25, -0.2) is 0 Å². The van der Waals surface area contributed by atoms with Crippen molar-refractivity contribution in [2.75, 3.05) is 0 Å². The summed E-state index contributed by atoms with van der Waals surface area (Å²) in [4.78, 5) is 0. The van der Waals surface area contributed by atoms with E-state index >= 15 is 0 Å². The summed E-state index contributed by atoms with van der Waals surface area (Å²) in [6.45, 7) is 2.30. The van der Waals surface area contributed by atoms with Crippen LogP contribution in [0.15, 0.2) is 115 Å². The third-order valence-electron chi connectivity index (χ3n) is 9.62. The summed E-state index contributed by atoms with van der Waals surface area (Å²) in [7, 11) is -2.32. The molecule has 4 aromatic rings. The Hall–Kier alpha value is -2.69. The average molecular weight is 607 g/mol. The van der Waals surface area contributed by atoms with Gasteiger partial charge in [0.15, 0.2) is 0 Å². The zero-order valence-electron chi connectivity index (χ0n) is 27.7. The maximum atomic E-state index is 2.47. The molecule has 0 saturated heterocycles. The molecule has 0 atom stereocenters. The van der Waals surface area contributed by atoms with Gasteiger partial charge in [0.25, 0.3) is 0 Å². The van der Waals surface area contributed by atoms with Crippen LogP contribution in [0.5, 0.6) is 0 Å². The molecule has 0 amide bonds. The Morgan fingerprint density at radius 2 is 0.773 bits per heavy atom. The first-order chi connectivity index (χ1) is 21.8. The molecule has 0 aromatic heterocycles. The van der Waals surface area contributed by atoms with Gasteiger partial charge in [0.05, 0.1) is 0 Å². The topological polar surface area (TPSA) is 0 Å². The van der Waals surface area contributed by atoms with Crippen molar-refractivity contribution in [2.24, 2.45) is 0 Å². The molecule has 4 aromatic carbocycles. The Bertz CT molecular complexity index is 1220. The van der Waals surface area contributed by atoms with Crippen LogP contribution < -0.4 is 15.9 Å². The van der Waals surface area contributed by atoms with E-state index in [1.165, 1.54) is 125 Å². The summed E-state index contributed by atoms with van der Waals surface area (Å²) in [6, 6.07) is 43.5. The van der Waals surface area contributed by atoms with Crippen LogP contribution in [0.4, 0.5) is 0 Å². The van der Waals surface area contributed by atoms with E-state index in [1.54, 1.807) is 10.9 Å². The van der Waals surface area contributed by atoms with E-state index in [0.29, 0.717) is 0 Å². The second-order valence-corrected chi connectivity index (χ2v) is 16.9. The van der Waals surface area contributed by atoms with Crippen molar-refractivity contribution in [3.8, 4) is 0 Å². The first kappa shape index (κ1) is 34.2. The first-order valence-electron chi connectivity index (χ1n) is 18.1. The third-order valence-corrected chi connectivity index (χ3v) is 14.6. The molecule has 0 N–H and O–H groups in total. The van der Waals surface area contributed by atoms with E-state index in [-0.39, 0.29) is 0 Å². The predicted molar refractivity (Wildman–Crippen MR) is 200 cm³/mol. The fourth-order valence-corrected chi connectivity index (χ4v) is 12.2. The zero-order valence-corrected chi connectivity index (χ0v) is 28.7. The molecule has 0 fully saturated rings. The van der Waals surface area contributed by atoms with Crippen molar-refractivity contribution in [3.05, 3.63) is 126 Å². The third kappa shape index (κ3) is 10.7. The molecule has 0 unspecified atom stereocenters. The number of hydrogen-bond donors (Lipinski definition) is 0. The molecular formula is C43H59P. The van der Waals surface area contributed by atoms with Crippen LogP contribution in [0, 0.1) is 0 Å². The minimum absolute atomic E-state index is 1.08. The number of unbranched alkanes of at least 4 members (excludes halogenated alkanes) is 15. The molecule has 0 radical (unpaired) electrons. The van der Waals surface area contributed by atoms with E-state index in [1.807, 2.05) is 0 Å². The van der Waals surface area contributed by atoms with Gasteiger partial charge in [-0.15, -0.1) is 0 Å². The Morgan fingerprint density at radius 3 is 1.25 bits per heavy atom. The summed E-state index contributed by atoms with van der Waals surface area (Å²) < 4.78 is 0. The fourth-order valence-electron chi connectivity index (χ4n) is 7.14. The summed E-state index contributed by atoms with van der Waals surface area (Å²) >= 11 is 0. The molecule has 0 heterocycles. The summed E-state index contributed by atoms with van der Waals surface area (Å²) in [5, 5.41) is 4.62. The molecular weight excluding hydrogens is 547 g/mol. The Morgan fingerprint density at radius 1 is 0.386 bits per heavy atom. The van der Waals surface area contributed by atoms with Gasteiger partial charge in [0.1, 0.15) is 0 Å². The average Bonchev–Trinajstić information content (AvgIpc) is 3.08. The molecule has 0 spiro atoms. The van der Waals surface area contributed by atoms with E-state index < -0.39 is 7.26 Å². The Kier molecular flexibility index (Phi) is 15.8. The second kappa shape index (κ2) is 20.4. The molecule has 236 valence electrons. The minimum atomic E-state index is -2.32. The summed E-state index contributed by atoms with van der Waals surface area (Å²) in [6.07, 6.45) is 24.9.